The normalized spacial score (nSPS) is 21.6. The number of ether oxygens (including phenoxy) is 1. The molecule has 1 saturated carbocycles. The Bertz CT molecular complexity index is 623. The van der Waals surface area contributed by atoms with Crippen LogP contribution in [0.25, 0.3) is 5.13 Å². The molecule has 2 heterocycles. The number of methoxy groups -OCH3 is 1. The summed E-state index contributed by atoms with van der Waals surface area (Å²) in [5.74, 6) is -0.0719. The molecular formula is C14H18N4O2S. The lowest BCUT2D eigenvalue weighted by Gasteiger charge is -2.19. The molecule has 3 rings (SSSR count). The van der Waals surface area contributed by atoms with E-state index in [9.17, 15) is 4.79 Å². The highest BCUT2D eigenvalue weighted by molar-refractivity contribution is 7.16. The summed E-state index contributed by atoms with van der Waals surface area (Å²) < 4.78 is 7.08. The van der Waals surface area contributed by atoms with Gasteiger partial charge in [0, 0.05) is 19.5 Å². The zero-order valence-corrected chi connectivity index (χ0v) is 12.9. The van der Waals surface area contributed by atoms with E-state index in [0.29, 0.717) is 10.0 Å². The van der Waals surface area contributed by atoms with Crippen molar-refractivity contribution >= 4 is 17.2 Å². The molecule has 1 fully saturated rings. The number of carbonyl (C=O) groups excluding carboxylic acids is 1. The van der Waals surface area contributed by atoms with Gasteiger partial charge in [-0.05, 0) is 32.3 Å². The minimum atomic E-state index is -0.0719. The quantitative estimate of drug-likeness (QED) is 0.937. The predicted octanol–water partition coefficient (Wildman–Crippen LogP) is 1.93. The van der Waals surface area contributed by atoms with Gasteiger partial charge in [0.1, 0.15) is 4.88 Å². The second-order valence-electron chi connectivity index (χ2n) is 5.15. The summed E-state index contributed by atoms with van der Waals surface area (Å²) in [6.07, 6.45) is 6.68. The number of hydrogen-bond donors (Lipinski definition) is 1. The van der Waals surface area contributed by atoms with E-state index in [0.717, 1.165) is 25.0 Å². The molecule has 0 unspecified atom stereocenters. The van der Waals surface area contributed by atoms with Gasteiger partial charge < -0.3 is 10.1 Å². The summed E-state index contributed by atoms with van der Waals surface area (Å²) in [5, 5.41) is 7.92. The lowest BCUT2D eigenvalue weighted by molar-refractivity contribution is 0.0724. The Morgan fingerprint density at radius 3 is 3.10 bits per heavy atom. The van der Waals surface area contributed by atoms with Crippen LogP contribution in [0.1, 0.15) is 34.6 Å². The molecule has 112 valence electrons. The van der Waals surface area contributed by atoms with E-state index in [1.54, 1.807) is 18.0 Å². The van der Waals surface area contributed by atoms with Gasteiger partial charge in [0.15, 0.2) is 0 Å². The zero-order chi connectivity index (χ0) is 14.8. The molecule has 21 heavy (non-hydrogen) atoms. The summed E-state index contributed by atoms with van der Waals surface area (Å²) in [5.41, 5.74) is 0.731. The molecule has 1 N–H and O–H groups in total. The van der Waals surface area contributed by atoms with Crippen LogP contribution in [0.5, 0.6) is 0 Å². The van der Waals surface area contributed by atoms with Gasteiger partial charge in [0.25, 0.3) is 5.91 Å². The average Bonchev–Trinajstić information content (AvgIpc) is 3.17. The van der Waals surface area contributed by atoms with Crippen LogP contribution in [0.4, 0.5) is 0 Å². The third-order valence-corrected chi connectivity index (χ3v) is 4.91. The van der Waals surface area contributed by atoms with Crippen LogP contribution < -0.4 is 5.32 Å². The number of amides is 1. The Morgan fingerprint density at radius 1 is 1.52 bits per heavy atom. The second kappa shape index (κ2) is 5.95. The number of thiazole rings is 1. The van der Waals surface area contributed by atoms with Crippen molar-refractivity contribution in [2.24, 2.45) is 0 Å². The van der Waals surface area contributed by atoms with Crippen molar-refractivity contribution in [3.63, 3.8) is 0 Å². The first-order chi connectivity index (χ1) is 10.2. The molecule has 6 nitrogen and oxygen atoms in total. The lowest BCUT2D eigenvalue weighted by Crippen LogP contribution is -2.40. The first-order valence-electron chi connectivity index (χ1n) is 7.00. The van der Waals surface area contributed by atoms with Crippen LogP contribution in [0.2, 0.25) is 0 Å². The van der Waals surface area contributed by atoms with Crippen molar-refractivity contribution in [1.29, 1.82) is 0 Å². The first kappa shape index (κ1) is 14.2. The SMILES string of the molecule is CO[C@H]1CCC[C@@H]1NC(=O)c1sc(-n2cccn2)nc1C. The fraction of sp³-hybridized carbons (Fsp3) is 0.500. The molecule has 0 aliphatic heterocycles. The molecule has 0 bridgehead atoms. The van der Waals surface area contributed by atoms with E-state index in [1.807, 2.05) is 19.2 Å². The maximum atomic E-state index is 12.4. The number of aromatic nitrogens is 3. The van der Waals surface area contributed by atoms with Gasteiger partial charge in [-0.25, -0.2) is 9.67 Å². The van der Waals surface area contributed by atoms with Gasteiger partial charge in [-0.15, -0.1) is 0 Å². The molecule has 1 aliphatic carbocycles. The van der Waals surface area contributed by atoms with Crippen LogP contribution in [-0.4, -0.2) is 39.9 Å². The van der Waals surface area contributed by atoms with Crippen molar-refractivity contribution in [1.82, 2.24) is 20.1 Å². The molecule has 2 aromatic rings. The standard InChI is InChI=1S/C14H18N4O2S/c1-9-12(21-14(16-9)18-8-4-7-15-18)13(19)17-10-5-3-6-11(10)20-2/h4,7-8,10-11H,3,5-6H2,1-2H3,(H,17,19)/t10-,11-/m0/s1. The summed E-state index contributed by atoms with van der Waals surface area (Å²) in [6, 6.07) is 1.93. The molecule has 7 heteroatoms. The van der Waals surface area contributed by atoms with Gasteiger partial charge in [0.05, 0.1) is 17.8 Å². The summed E-state index contributed by atoms with van der Waals surface area (Å²) >= 11 is 1.35. The van der Waals surface area contributed by atoms with E-state index in [1.165, 1.54) is 11.3 Å². The van der Waals surface area contributed by atoms with E-state index >= 15 is 0 Å². The number of carbonyl (C=O) groups is 1. The van der Waals surface area contributed by atoms with Gasteiger partial charge in [-0.2, -0.15) is 5.10 Å². The Morgan fingerprint density at radius 2 is 2.38 bits per heavy atom. The molecular weight excluding hydrogens is 288 g/mol. The predicted molar refractivity (Wildman–Crippen MR) is 79.9 cm³/mol. The Balaban J connectivity index is 1.76. The van der Waals surface area contributed by atoms with Crippen LogP contribution in [0, 0.1) is 6.92 Å². The molecule has 0 saturated heterocycles. The Hall–Kier alpha value is -1.73. The molecule has 2 atom stereocenters. The van der Waals surface area contributed by atoms with Crippen LogP contribution in [0.15, 0.2) is 18.5 Å². The first-order valence-corrected chi connectivity index (χ1v) is 7.82. The molecule has 0 aromatic carbocycles. The highest BCUT2D eigenvalue weighted by Crippen LogP contribution is 2.24. The third kappa shape index (κ3) is 2.84. The minimum Gasteiger partial charge on any atom is -0.379 e. The van der Waals surface area contributed by atoms with Crippen molar-refractivity contribution in [3.05, 3.63) is 29.0 Å². The Kier molecular flexibility index (Phi) is 4.03. The third-order valence-electron chi connectivity index (χ3n) is 3.76. The minimum absolute atomic E-state index is 0.0719. The zero-order valence-electron chi connectivity index (χ0n) is 12.1. The smallest absolute Gasteiger partial charge is 0.263 e. The van der Waals surface area contributed by atoms with Crippen LogP contribution in [-0.2, 0) is 4.74 Å². The summed E-state index contributed by atoms with van der Waals surface area (Å²) in [6.45, 7) is 1.85. The van der Waals surface area contributed by atoms with E-state index < -0.39 is 0 Å². The highest BCUT2D eigenvalue weighted by Gasteiger charge is 2.29. The molecule has 2 aromatic heterocycles. The van der Waals surface area contributed by atoms with Gasteiger partial charge in [-0.1, -0.05) is 11.3 Å². The Labute approximate surface area is 127 Å². The maximum absolute atomic E-state index is 12.4. The largest absolute Gasteiger partial charge is 0.379 e. The summed E-state index contributed by atoms with van der Waals surface area (Å²) in [4.78, 5) is 17.5. The van der Waals surface area contributed by atoms with Crippen molar-refractivity contribution in [2.45, 2.75) is 38.3 Å². The summed E-state index contributed by atoms with van der Waals surface area (Å²) in [7, 11) is 1.70. The molecule has 0 spiro atoms. The van der Waals surface area contributed by atoms with Crippen molar-refractivity contribution in [3.8, 4) is 5.13 Å². The van der Waals surface area contributed by atoms with Gasteiger partial charge >= 0.3 is 0 Å². The number of aryl methyl sites for hydroxylation is 1. The molecule has 1 aliphatic rings. The number of nitrogens with one attached hydrogen (secondary N) is 1. The fourth-order valence-corrected chi connectivity index (χ4v) is 3.59. The average molecular weight is 306 g/mol. The van der Waals surface area contributed by atoms with Gasteiger partial charge in [0.2, 0.25) is 5.13 Å². The van der Waals surface area contributed by atoms with E-state index in [-0.39, 0.29) is 18.1 Å². The maximum Gasteiger partial charge on any atom is 0.263 e. The van der Waals surface area contributed by atoms with Crippen molar-refractivity contribution in [2.75, 3.05) is 7.11 Å². The molecule has 0 radical (unpaired) electrons. The fourth-order valence-electron chi connectivity index (χ4n) is 2.68. The molecule has 1 amide bonds. The lowest BCUT2D eigenvalue weighted by atomic mass is 10.2. The van der Waals surface area contributed by atoms with Crippen molar-refractivity contribution < 1.29 is 9.53 Å². The number of nitrogens with zero attached hydrogens (tertiary/aromatic N) is 3. The second-order valence-corrected chi connectivity index (χ2v) is 6.12. The topological polar surface area (TPSA) is 69.0 Å². The van der Waals surface area contributed by atoms with Crippen LogP contribution in [0.3, 0.4) is 0 Å². The number of rotatable bonds is 4. The van der Waals surface area contributed by atoms with E-state index in [4.69, 9.17) is 4.74 Å². The van der Waals surface area contributed by atoms with Crippen LogP contribution >= 0.6 is 11.3 Å². The highest BCUT2D eigenvalue weighted by atomic mass is 32.1. The monoisotopic (exact) mass is 306 g/mol. The van der Waals surface area contributed by atoms with Gasteiger partial charge in [-0.3, -0.25) is 4.79 Å². The number of hydrogen-bond acceptors (Lipinski definition) is 5. The van der Waals surface area contributed by atoms with E-state index in [2.05, 4.69) is 15.4 Å².